The predicted octanol–water partition coefficient (Wildman–Crippen LogP) is 1.43. The number of carbonyl (C=O) groups is 1. The Balaban J connectivity index is 2.74. The van der Waals surface area contributed by atoms with Gasteiger partial charge in [-0.3, -0.25) is 19.2 Å². The van der Waals surface area contributed by atoms with Crippen LogP contribution in [0.25, 0.3) is 0 Å². The quantitative estimate of drug-likeness (QED) is 0.444. The van der Waals surface area contributed by atoms with Gasteiger partial charge in [0, 0.05) is 25.2 Å². The number of nitro groups is 1. The third kappa shape index (κ3) is 5.68. The standard InChI is InChI=1S/C12H14F3N3O5S/c1-24(22,23)17(8-2-7-16-11(19)12(13,14)15)9-3-5-10(6-4-9)18(20)21/h3-6H,2,7-8H2,1H3,(H,16,19). The maximum Gasteiger partial charge on any atom is 0.471 e. The monoisotopic (exact) mass is 369 g/mol. The summed E-state index contributed by atoms with van der Waals surface area (Å²) in [5.74, 6) is -2.11. The van der Waals surface area contributed by atoms with E-state index < -0.39 is 27.0 Å². The summed E-state index contributed by atoms with van der Waals surface area (Å²) in [7, 11) is -3.75. The first-order valence-electron chi connectivity index (χ1n) is 6.50. The van der Waals surface area contributed by atoms with Crippen LogP contribution < -0.4 is 9.62 Å². The minimum Gasteiger partial charge on any atom is -0.348 e. The lowest BCUT2D eigenvalue weighted by atomic mass is 10.3. The second-order valence-electron chi connectivity index (χ2n) is 4.72. The Kier molecular flexibility index (Phi) is 6.12. The fourth-order valence-electron chi connectivity index (χ4n) is 1.75. The lowest BCUT2D eigenvalue weighted by molar-refractivity contribution is -0.384. The van der Waals surface area contributed by atoms with Crippen LogP contribution in [0, 0.1) is 10.1 Å². The Morgan fingerprint density at radius 3 is 2.25 bits per heavy atom. The predicted molar refractivity (Wildman–Crippen MR) is 79.0 cm³/mol. The Morgan fingerprint density at radius 2 is 1.83 bits per heavy atom. The molecule has 0 atom stereocenters. The van der Waals surface area contributed by atoms with Gasteiger partial charge in [-0.15, -0.1) is 0 Å². The van der Waals surface area contributed by atoms with Crippen LogP contribution in [0.2, 0.25) is 0 Å². The second kappa shape index (κ2) is 7.47. The minimum atomic E-state index is -5.01. The molecule has 0 unspecified atom stereocenters. The molecule has 0 aliphatic heterocycles. The van der Waals surface area contributed by atoms with Gasteiger partial charge in [0.05, 0.1) is 16.9 Å². The van der Waals surface area contributed by atoms with E-state index in [0.29, 0.717) is 0 Å². The van der Waals surface area contributed by atoms with Crippen molar-refractivity contribution in [1.82, 2.24) is 5.32 Å². The zero-order valence-corrected chi connectivity index (χ0v) is 13.2. The summed E-state index contributed by atoms with van der Waals surface area (Å²) in [5.41, 5.74) is -0.102. The third-order valence-corrected chi connectivity index (χ3v) is 4.02. The number of halogens is 3. The molecule has 24 heavy (non-hydrogen) atoms. The van der Waals surface area contributed by atoms with Crippen LogP contribution in [-0.2, 0) is 14.8 Å². The van der Waals surface area contributed by atoms with E-state index in [-0.39, 0.29) is 30.9 Å². The summed E-state index contributed by atoms with van der Waals surface area (Å²) >= 11 is 0. The van der Waals surface area contributed by atoms with Gasteiger partial charge in [0.25, 0.3) is 5.69 Å². The molecule has 0 aliphatic rings. The van der Waals surface area contributed by atoms with Crippen molar-refractivity contribution in [2.45, 2.75) is 12.6 Å². The lowest BCUT2D eigenvalue weighted by Crippen LogP contribution is -2.39. The van der Waals surface area contributed by atoms with E-state index in [4.69, 9.17) is 0 Å². The van der Waals surface area contributed by atoms with Gasteiger partial charge in [0.2, 0.25) is 10.0 Å². The highest BCUT2D eigenvalue weighted by Gasteiger charge is 2.38. The first-order valence-corrected chi connectivity index (χ1v) is 8.35. The average Bonchev–Trinajstić information content (AvgIpc) is 2.44. The normalized spacial score (nSPS) is 11.8. The van der Waals surface area contributed by atoms with Crippen molar-refractivity contribution in [2.24, 2.45) is 0 Å². The van der Waals surface area contributed by atoms with E-state index in [9.17, 15) is 36.5 Å². The number of rotatable bonds is 7. The summed E-state index contributed by atoms with van der Waals surface area (Å²) in [6.45, 7) is -0.577. The van der Waals surface area contributed by atoms with Gasteiger partial charge >= 0.3 is 12.1 Å². The molecule has 1 N–H and O–H groups in total. The topological polar surface area (TPSA) is 110 Å². The van der Waals surface area contributed by atoms with Crippen molar-refractivity contribution in [3.63, 3.8) is 0 Å². The molecule has 0 aromatic heterocycles. The molecule has 0 saturated heterocycles. The minimum absolute atomic E-state index is 0.0775. The first kappa shape index (κ1) is 19.7. The molecular weight excluding hydrogens is 355 g/mol. The van der Waals surface area contributed by atoms with Crippen molar-refractivity contribution in [2.75, 3.05) is 23.7 Å². The summed E-state index contributed by atoms with van der Waals surface area (Å²) in [6, 6.07) is 4.65. The number of anilines is 1. The molecule has 1 rings (SSSR count). The number of sulfonamides is 1. The van der Waals surface area contributed by atoms with Crippen molar-refractivity contribution >= 4 is 27.3 Å². The molecule has 134 valence electrons. The van der Waals surface area contributed by atoms with Crippen molar-refractivity contribution in [3.8, 4) is 0 Å². The SMILES string of the molecule is CS(=O)(=O)N(CCCNC(=O)C(F)(F)F)c1ccc([N+](=O)[O-])cc1. The summed E-state index contributed by atoms with van der Waals surface area (Å²) in [5, 5.41) is 12.2. The Hall–Kier alpha value is -2.37. The van der Waals surface area contributed by atoms with Crippen LogP contribution in [-0.4, -0.2) is 44.8 Å². The van der Waals surface area contributed by atoms with E-state index in [1.807, 2.05) is 0 Å². The number of non-ortho nitro benzene ring substituents is 1. The number of nitro benzene ring substituents is 1. The maximum absolute atomic E-state index is 12.0. The second-order valence-corrected chi connectivity index (χ2v) is 6.62. The molecular formula is C12H14F3N3O5S. The molecule has 0 aliphatic carbocycles. The van der Waals surface area contributed by atoms with Crippen LogP contribution in [0.5, 0.6) is 0 Å². The molecule has 1 aromatic carbocycles. The molecule has 1 amide bonds. The number of carbonyl (C=O) groups excluding carboxylic acids is 1. The molecule has 0 fully saturated rings. The largest absolute Gasteiger partial charge is 0.471 e. The molecule has 0 saturated carbocycles. The number of amides is 1. The van der Waals surface area contributed by atoms with Gasteiger partial charge < -0.3 is 5.32 Å². The van der Waals surface area contributed by atoms with E-state index >= 15 is 0 Å². The zero-order valence-electron chi connectivity index (χ0n) is 12.4. The Morgan fingerprint density at radius 1 is 1.29 bits per heavy atom. The van der Waals surface area contributed by atoms with Gasteiger partial charge in [0.15, 0.2) is 0 Å². The molecule has 1 aromatic rings. The number of hydrogen-bond acceptors (Lipinski definition) is 5. The summed E-state index contributed by atoms with van der Waals surface area (Å²) < 4.78 is 60.5. The van der Waals surface area contributed by atoms with Crippen molar-refractivity contribution in [1.29, 1.82) is 0 Å². The molecule has 0 spiro atoms. The molecule has 12 heteroatoms. The molecule has 8 nitrogen and oxygen atoms in total. The Labute approximate surface area is 135 Å². The summed E-state index contributed by atoms with van der Waals surface area (Å²) in [6.07, 6.45) is -4.19. The smallest absolute Gasteiger partial charge is 0.348 e. The van der Waals surface area contributed by atoms with Crippen molar-refractivity contribution in [3.05, 3.63) is 34.4 Å². The zero-order chi connectivity index (χ0) is 18.5. The molecule has 0 radical (unpaired) electrons. The lowest BCUT2D eigenvalue weighted by Gasteiger charge is -2.22. The van der Waals surface area contributed by atoms with Gasteiger partial charge in [-0.2, -0.15) is 13.2 Å². The highest BCUT2D eigenvalue weighted by atomic mass is 32.2. The van der Waals surface area contributed by atoms with Gasteiger partial charge in [-0.05, 0) is 18.6 Å². The van der Waals surface area contributed by atoms with E-state index in [0.717, 1.165) is 22.7 Å². The van der Waals surface area contributed by atoms with Gasteiger partial charge in [-0.1, -0.05) is 0 Å². The third-order valence-electron chi connectivity index (χ3n) is 2.83. The highest BCUT2D eigenvalue weighted by Crippen LogP contribution is 2.21. The number of nitrogens with zero attached hydrogens (tertiary/aromatic N) is 2. The van der Waals surface area contributed by atoms with Crippen LogP contribution in [0.15, 0.2) is 24.3 Å². The fraction of sp³-hybridized carbons (Fsp3) is 0.417. The van der Waals surface area contributed by atoms with Crippen LogP contribution in [0.1, 0.15) is 6.42 Å². The fourth-order valence-corrected chi connectivity index (χ4v) is 2.72. The molecule has 0 bridgehead atoms. The van der Waals surface area contributed by atoms with Gasteiger partial charge in [0.1, 0.15) is 0 Å². The number of nitrogens with one attached hydrogen (secondary N) is 1. The van der Waals surface area contributed by atoms with Crippen LogP contribution in [0.4, 0.5) is 24.5 Å². The Bertz CT molecular complexity index is 704. The van der Waals surface area contributed by atoms with Crippen LogP contribution in [0.3, 0.4) is 0 Å². The number of benzene rings is 1. The van der Waals surface area contributed by atoms with Gasteiger partial charge in [-0.25, -0.2) is 8.42 Å². The van der Waals surface area contributed by atoms with Crippen molar-refractivity contribution < 1.29 is 31.3 Å². The van der Waals surface area contributed by atoms with E-state index in [1.165, 1.54) is 12.1 Å². The average molecular weight is 369 g/mol. The number of alkyl halides is 3. The maximum atomic E-state index is 12.0. The summed E-state index contributed by atoms with van der Waals surface area (Å²) in [4.78, 5) is 20.6. The number of hydrogen-bond donors (Lipinski definition) is 1. The van der Waals surface area contributed by atoms with Crippen LogP contribution >= 0.6 is 0 Å². The van der Waals surface area contributed by atoms with E-state index in [2.05, 4.69) is 0 Å². The molecule has 0 heterocycles. The first-order chi connectivity index (χ1) is 10.9. The van der Waals surface area contributed by atoms with E-state index in [1.54, 1.807) is 5.32 Å². The highest BCUT2D eigenvalue weighted by molar-refractivity contribution is 7.92.